The zero-order valence-corrected chi connectivity index (χ0v) is 16.5. The Labute approximate surface area is 168 Å². The third-order valence-corrected chi connectivity index (χ3v) is 4.46. The van der Waals surface area contributed by atoms with Gasteiger partial charge >= 0.3 is 0 Å². The lowest BCUT2D eigenvalue weighted by molar-refractivity contribution is -0.123. The van der Waals surface area contributed by atoms with Gasteiger partial charge in [-0.1, -0.05) is 29.8 Å². The van der Waals surface area contributed by atoms with Crippen LogP contribution in [0.15, 0.2) is 59.0 Å². The van der Waals surface area contributed by atoms with Crippen molar-refractivity contribution in [2.45, 2.75) is 13.0 Å². The molecule has 7 heteroatoms. The highest BCUT2D eigenvalue weighted by Gasteiger charge is 2.16. The van der Waals surface area contributed by atoms with E-state index < -0.39 is 0 Å². The summed E-state index contributed by atoms with van der Waals surface area (Å²) in [5.41, 5.74) is 1.44. The number of carbonyl (C=O) groups excluding carboxylic acids is 2. The fourth-order valence-corrected chi connectivity index (χ4v) is 2.98. The van der Waals surface area contributed by atoms with Crippen LogP contribution in [0.5, 0.6) is 0 Å². The van der Waals surface area contributed by atoms with Crippen molar-refractivity contribution in [3.05, 3.63) is 65.4 Å². The molecule has 1 aromatic heterocycles. The lowest BCUT2D eigenvalue weighted by Crippen LogP contribution is -2.39. The minimum Gasteiger partial charge on any atom is -0.459 e. The number of hydrogen-bond donors (Lipinski definition) is 2. The summed E-state index contributed by atoms with van der Waals surface area (Å²) < 4.78 is 5.77. The highest BCUT2D eigenvalue weighted by molar-refractivity contribution is 6.30. The molecule has 2 aromatic carbocycles. The Bertz CT molecular complexity index is 935. The van der Waals surface area contributed by atoms with Crippen LogP contribution in [-0.4, -0.2) is 36.9 Å². The number of halogens is 1. The Morgan fingerprint density at radius 1 is 1.07 bits per heavy atom. The molecule has 6 nitrogen and oxygen atoms in total. The number of hydrogen-bond acceptors (Lipinski definition) is 4. The number of benzene rings is 2. The Kier molecular flexibility index (Phi) is 6.34. The van der Waals surface area contributed by atoms with Crippen molar-refractivity contribution < 1.29 is 14.0 Å². The first kappa shape index (κ1) is 19.9. The summed E-state index contributed by atoms with van der Waals surface area (Å²) >= 11 is 5.83. The Balaban J connectivity index is 1.48. The van der Waals surface area contributed by atoms with Gasteiger partial charge in [-0.15, -0.1) is 0 Å². The second-order valence-electron chi connectivity index (χ2n) is 6.70. The van der Waals surface area contributed by atoms with Crippen molar-refractivity contribution in [3.63, 3.8) is 0 Å². The van der Waals surface area contributed by atoms with Crippen molar-refractivity contribution >= 4 is 40.1 Å². The first-order valence-electron chi connectivity index (χ1n) is 8.92. The second-order valence-corrected chi connectivity index (χ2v) is 7.14. The molecule has 0 saturated carbocycles. The van der Waals surface area contributed by atoms with Gasteiger partial charge in [0, 0.05) is 16.1 Å². The molecular formula is C21H22ClN3O3. The molecule has 0 saturated heterocycles. The number of carbonyl (C=O) groups is 2. The van der Waals surface area contributed by atoms with Crippen LogP contribution in [0.25, 0.3) is 11.0 Å². The number of anilines is 1. The molecule has 0 unspecified atom stereocenters. The lowest BCUT2D eigenvalue weighted by atomic mass is 10.2. The predicted octanol–water partition coefficient (Wildman–Crippen LogP) is 3.83. The number of para-hydroxylation sites is 1. The smallest absolute Gasteiger partial charge is 0.238 e. The maximum Gasteiger partial charge on any atom is 0.238 e. The van der Waals surface area contributed by atoms with E-state index in [1.807, 2.05) is 37.3 Å². The third kappa shape index (κ3) is 5.34. The molecule has 0 fully saturated rings. The van der Waals surface area contributed by atoms with Gasteiger partial charge in [0.05, 0.1) is 19.1 Å². The largest absolute Gasteiger partial charge is 0.459 e. The van der Waals surface area contributed by atoms with E-state index in [0.29, 0.717) is 16.5 Å². The van der Waals surface area contributed by atoms with Gasteiger partial charge in [0.1, 0.15) is 11.3 Å². The summed E-state index contributed by atoms with van der Waals surface area (Å²) in [5, 5.41) is 7.26. The van der Waals surface area contributed by atoms with Gasteiger partial charge in [-0.05, 0) is 50.4 Å². The van der Waals surface area contributed by atoms with E-state index in [9.17, 15) is 9.59 Å². The fourth-order valence-electron chi connectivity index (χ4n) is 2.85. The standard InChI is InChI=1S/C21H22ClN3O3/c1-14(19-11-15-5-3-4-6-18(15)28-19)23-20(26)12-25(2)13-21(27)24-17-9-7-16(22)8-10-17/h3-11,14H,12-13H2,1-2H3,(H,23,26)(H,24,27)/t14-/m1/s1. The Morgan fingerprint density at radius 3 is 2.46 bits per heavy atom. The van der Waals surface area contributed by atoms with Crippen LogP contribution in [0.1, 0.15) is 18.7 Å². The predicted molar refractivity (Wildman–Crippen MR) is 110 cm³/mol. The lowest BCUT2D eigenvalue weighted by Gasteiger charge is -2.18. The van der Waals surface area contributed by atoms with Gasteiger partial charge in [-0.2, -0.15) is 0 Å². The molecule has 0 aliphatic carbocycles. The summed E-state index contributed by atoms with van der Waals surface area (Å²) in [6, 6.07) is 16.2. The van der Waals surface area contributed by atoms with E-state index in [4.69, 9.17) is 16.0 Å². The maximum atomic E-state index is 12.3. The van der Waals surface area contributed by atoms with Crippen molar-refractivity contribution in [3.8, 4) is 0 Å². The molecule has 3 aromatic rings. The van der Waals surface area contributed by atoms with Gasteiger partial charge in [0.15, 0.2) is 0 Å². The van der Waals surface area contributed by atoms with E-state index >= 15 is 0 Å². The van der Waals surface area contributed by atoms with Crippen LogP contribution < -0.4 is 10.6 Å². The highest BCUT2D eigenvalue weighted by atomic mass is 35.5. The molecule has 3 rings (SSSR count). The van der Waals surface area contributed by atoms with Crippen molar-refractivity contribution in [2.75, 3.05) is 25.5 Å². The van der Waals surface area contributed by atoms with Gasteiger partial charge < -0.3 is 15.1 Å². The topological polar surface area (TPSA) is 74.6 Å². The quantitative estimate of drug-likeness (QED) is 0.633. The second kappa shape index (κ2) is 8.91. The van der Waals surface area contributed by atoms with Crippen LogP contribution >= 0.6 is 11.6 Å². The normalized spacial score (nSPS) is 12.1. The van der Waals surface area contributed by atoms with Gasteiger partial charge in [-0.25, -0.2) is 0 Å². The van der Waals surface area contributed by atoms with Crippen LogP contribution in [0.4, 0.5) is 5.69 Å². The zero-order valence-electron chi connectivity index (χ0n) is 15.7. The van der Waals surface area contributed by atoms with E-state index in [1.165, 1.54) is 0 Å². The maximum absolute atomic E-state index is 12.3. The summed E-state index contributed by atoms with van der Waals surface area (Å²) in [6.07, 6.45) is 0. The highest BCUT2D eigenvalue weighted by Crippen LogP contribution is 2.23. The molecule has 28 heavy (non-hydrogen) atoms. The molecular weight excluding hydrogens is 378 g/mol. The van der Waals surface area contributed by atoms with Crippen LogP contribution in [-0.2, 0) is 9.59 Å². The van der Waals surface area contributed by atoms with E-state index in [2.05, 4.69) is 10.6 Å². The van der Waals surface area contributed by atoms with Crippen LogP contribution in [0, 0.1) is 0 Å². The molecule has 2 amide bonds. The van der Waals surface area contributed by atoms with Crippen LogP contribution in [0.2, 0.25) is 5.02 Å². The van der Waals surface area contributed by atoms with Crippen molar-refractivity contribution in [1.29, 1.82) is 0 Å². The average Bonchev–Trinajstić information content (AvgIpc) is 3.07. The van der Waals surface area contributed by atoms with E-state index in [-0.39, 0.29) is 30.9 Å². The number of nitrogens with one attached hydrogen (secondary N) is 2. The molecule has 146 valence electrons. The molecule has 0 bridgehead atoms. The summed E-state index contributed by atoms with van der Waals surface area (Å²) in [6.45, 7) is 2.05. The zero-order chi connectivity index (χ0) is 20.1. The number of likely N-dealkylation sites (N-methyl/N-ethyl adjacent to an activating group) is 1. The monoisotopic (exact) mass is 399 g/mol. The van der Waals surface area contributed by atoms with Crippen molar-refractivity contribution in [1.82, 2.24) is 10.2 Å². The molecule has 0 spiro atoms. The molecule has 1 atom stereocenters. The average molecular weight is 400 g/mol. The van der Waals surface area contributed by atoms with E-state index in [1.54, 1.807) is 36.2 Å². The Morgan fingerprint density at radius 2 is 1.75 bits per heavy atom. The molecule has 0 aliphatic rings. The minimum absolute atomic E-state index is 0.0923. The molecule has 2 N–H and O–H groups in total. The number of nitrogens with zero attached hydrogens (tertiary/aromatic N) is 1. The number of amides is 2. The molecule has 0 aliphatic heterocycles. The van der Waals surface area contributed by atoms with Gasteiger partial charge in [0.2, 0.25) is 11.8 Å². The fraction of sp³-hybridized carbons (Fsp3) is 0.238. The summed E-state index contributed by atoms with van der Waals surface area (Å²) in [5.74, 6) is 0.301. The van der Waals surface area contributed by atoms with E-state index in [0.717, 1.165) is 11.0 Å². The van der Waals surface area contributed by atoms with Crippen LogP contribution in [0.3, 0.4) is 0 Å². The SMILES string of the molecule is C[C@@H](NC(=O)CN(C)CC(=O)Nc1ccc(Cl)cc1)c1cc2ccccc2o1. The summed E-state index contributed by atoms with van der Waals surface area (Å²) in [4.78, 5) is 26.0. The van der Waals surface area contributed by atoms with Crippen molar-refractivity contribution in [2.24, 2.45) is 0 Å². The number of fused-ring (bicyclic) bond motifs is 1. The molecule has 1 heterocycles. The van der Waals surface area contributed by atoms with Gasteiger partial charge in [-0.3, -0.25) is 14.5 Å². The Hall–Kier alpha value is -2.83. The minimum atomic E-state index is -0.267. The molecule has 0 radical (unpaired) electrons. The number of rotatable bonds is 7. The van der Waals surface area contributed by atoms with Gasteiger partial charge in [0.25, 0.3) is 0 Å². The first-order chi connectivity index (χ1) is 13.4. The summed E-state index contributed by atoms with van der Waals surface area (Å²) in [7, 11) is 1.72. The first-order valence-corrected chi connectivity index (χ1v) is 9.30. The number of furan rings is 1. The third-order valence-electron chi connectivity index (χ3n) is 4.20.